The van der Waals surface area contributed by atoms with Gasteiger partial charge in [-0.3, -0.25) is 4.79 Å². The molecule has 1 aromatic rings. The Bertz CT molecular complexity index is 459. The van der Waals surface area contributed by atoms with E-state index in [0.29, 0.717) is 4.47 Å². The summed E-state index contributed by atoms with van der Waals surface area (Å²) in [6, 6.07) is 2.58. The molecule has 0 unspecified atom stereocenters. The van der Waals surface area contributed by atoms with Crippen LogP contribution in [0.25, 0.3) is 0 Å². The number of carbonyl (C=O) groups is 2. The summed E-state index contributed by atoms with van der Waals surface area (Å²) < 4.78 is 23.3. The van der Waals surface area contributed by atoms with Gasteiger partial charge in [0.15, 0.2) is 24.0 Å². The predicted molar refractivity (Wildman–Crippen MR) is 61.6 cm³/mol. The van der Waals surface area contributed by atoms with Gasteiger partial charge in [-0.25, -0.2) is 9.18 Å². The second-order valence-corrected chi connectivity index (χ2v) is 4.10. The van der Waals surface area contributed by atoms with Crippen LogP contribution in [0, 0.1) is 5.82 Å². The molecule has 0 aromatic heterocycles. The smallest absolute Gasteiger partial charge is 0.343 e. The van der Waals surface area contributed by atoms with Crippen molar-refractivity contribution in [2.75, 3.05) is 13.7 Å². The van der Waals surface area contributed by atoms with Crippen LogP contribution in [0.5, 0.6) is 5.75 Å². The third kappa shape index (κ3) is 3.52. The molecule has 0 fully saturated rings. The monoisotopic (exact) mass is 304 g/mol. The molecule has 17 heavy (non-hydrogen) atoms. The Morgan fingerprint density at radius 3 is 2.59 bits per heavy atom. The van der Waals surface area contributed by atoms with E-state index < -0.39 is 18.4 Å². The summed E-state index contributed by atoms with van der Waals surface area (Å²) >= 11 is 3.07. The number of hydrogen-bond donors (Lipinski definition) is 0. The van der Waals surface area contributed by atoms with Gasteiger partial charge in [0.1, 0.15) is 0 Å². The van der Waals surface area contributed by atoms with Crippen molar-refractivity contribution in [1.82, 2.24) is 0 Å². The van der Waals surface area contributed by atoms with E-state index in [-0.39, 0.29) is 17.1 Å². The van der Waals surface area contributed by atoms with E-state index in [1.54, 1.807) is 0 Å². The van der Waals surface area contributed by atoms with Gasteiger partial charge in [-0.2, -0.15) is 0 Å². The summed E-state index contributed by atoms with van der Waals surface area (Å²) in [5, 5.41) is 0. The zero-order valence-corrected chi connectivity index (χ0v) is 10.8. The topological polar surface area (TPSA) is 52.6 Å². The molecular weight excluding hydrogens is 295 g/mol. The lowest BCUT2D eigenvalue weighted by molar-refractivity contribution is -0.142. The molecule has 92 valence electrons. The Morgan fingerprint density at radius 2 is 2.06 bits per heavy atom. The van der Waals surface area contributed by atoms with E-state index in [1.807, 2.05) is 0 Å². The molecule has 0 aliphatic rings. The summed E-state index contributed by atoms with van der Waals surface area (Å²) in [7, 11) is 1.19. The molecule has 1 aromatic carbocycles. The quantitative estimate of drug-likeness (QED) is 0.633. The van der Waals surface area contributed by atoms with Gasteiger partial charge in [-0.05, 0) is 19.1 Å². The molecular formula is C11H10BrFO4. The normalized spacial score (nSPS) is 9.88. The SMILES string of the molecule is COC(=O)COc1c(F)cc(Br)cc1C(C)=O. The Hall–Kier alpha value is -1.43. The summed E-state index contributed by atoms with van der Waals surface area (Å²) in [5.74, 6) is -1.97. The highest BCUT2D eigenvalue weighted by Crippen LogP contribution is 2.27. The van der Waals surface area contributed by atoms with E-state index in [1.165, 1.54) is 20.1 Å². The highest BCUT2D eigenvalue weighted by molar-refractivity contribution is 9.10. The largest absolute Gasteiger partial charge is 0.478 e. The van der Waals surface area contributed by atoms with Gasteiger partial charge in [0.2, 0.25) is 0 Å². The predicted octanol–water partition coefficient (Wildman–Crippen LogP) is 2.34. The maximum Gasteiger partial charge on any atom is 0.343 e. The Kier molecular flexibility index (Phi) is 4.62. The molecule has 0 heterocycles. The van der Waals surface area contributed by atoms with Crippen LogP contribution in [0.15, 0.2) is 16.6 Å². The lowest BCUT2D eigenvalue weighted by atomic mass is 10.1. The maximum absolute atomic E-state index is 13.6. The van der Waals surface area contributed by atoms with Crippen LogP contribution in [0.4, 0.5) is 4.39 Å². The molecule has 0 atom stereocenters. The standard InChI is InChI=1S/C11H10BrFO4/c1-6(14)8-3-7(12)4-9(13)11(8)17-5-10(15)16-2/h3-4H,5H2,1-2H3. The molecule has 0 saturated carbocycles. The van der Waals surface area contributed by atoms with Crippen molar-refractivity contribution in [3.05, 3.63) is 28.0 Å². The number of halogens is 2. The van der Waals surface area contributed by atoms with Gasteiger partial charge in [-0.15, -0.1) is 0 Å². The molecule has 0 spiro atoms. The van der Waals surface area contributed by atoms with Crippen molar-refractivity contribution in [2.45, 2.75) is 6.92 Å². The van der Waals surface area contributed by atoms with Crippen LogP contribution in [0.1, 0.15) is 17.3 Å². The fourth-order valence-electron chi connectivity index (χ4n) is 1.16. The minimum Gasteiger partial charge on any atom is -0.478 e. The molecule has 0 aliphatic carbocycles. The van der Waals surface area contributed by atoms with Crippen molar-refractivity contribution in [3.63, 3.8) is 0 Å². The van der Waals surface area contributed by atoms with Gasteiger partial charge < -0.3 is 9.47 Å². The highest BCUT2D eigenvalue weighted by atomic mass is 79.9. The van der Waals surface area contributed by atoms with Crippen molar-refractivity contribution in [2.24, 2.45) is 0 Å². The number of ketones is 1. The zero-order valence-electron chi connectivity index (χ0n) is 9.25. The Balaban J connectivity index is 3.04. The summed E-state index contributed by atoms with van der Waals surface area (Å²) in [6.07, 6.45) is 0. The number of methoxy groups -OCH3 is 1. The molecule has 1 rings (SSSR count). The lowest BCUT2D eigenvalue weighted by Crippen LogP contribution is -2.15. The zero-order chi connectivity index (χ0) is 13.0. The lowest BCUT2D eigenvalue weighted by Gasteiger charge is -2.10. The summed E-state index contributed by atoms with van der Waals surface area (Å²) in [4.78, 5) is 22.2. The number of benzene rings is 1. The first kappa shape index (κ1) is 13.6. The molecule has 4 nitrogen and oxygen atoms in total. The van der Waals surface area contributed by atoms with Gasteiger partial charge in [0, 0.05) is 4.47 Å². The third-order valence-corrected chi connectivity index (χ3v) is 2.41. The van der Waals surface area contributed by atoms with E-state index in [4.69, 9.17) is 4.74 Å². The third-order valence-electron chi connectivity index (χ3n) is 1.95. The van der Waals surface area contributed by atoms with Gasteiger partial charge in [-0.1, -0.05) is 15.9 Å². The van der Waals surface area contributed by atoms with Crippen LogP contribution in [-0.2, 0) is 9.53 Å². The van der Waals surface area contributed by atoms with Crippen molar-refractivity contribution in [3.8, 4) is 5.75 Å². The summed E-state index contributed by atoms with van der Waals surface area (Å²) in [6.45, 7) is 0.835. The Labute approximate surface area is 106 Å². The fraction of sp³-hybridized carbons (Fsp3) is 0.273. The number of rotatable bonds is 4. The van der Waals surface area contributed by atoms with Crippen molar-refractivity contribution in [1.29, 1.82) is 0 Å². The number of hydrogen-bond acceptors (Lipinski definition) is 4. The van der Waals surface area contributed by atoms with E-state index in [2.05, 4.69) is 20.7 Å². The first-order valence-corrected chi connectivity index (χ1v) is 5.44. The van der Waals surface area contributed by atoms with E-state index in [0.717, 1.165) is 6.07 Å². The second-order valence-electron chi connectivity index (χ2n) is 3.19. The average Bonchev–Trinajstić information content (AvgIpc) is 2.26. The number of Topliss-reactive ketones (excluding diaryl/α,β-unsaturated/α-hetero) is 1. The van der Waals surface area contributed by atoms with Crippen LogP contribution < -0.4 is 4.74 Å². The second kappa shape index (κ2) is 5.77. The van der Waals surface area contributed by atoms with Gasteiger partial charge >= 0.3 is 5.97 Å². The van der Waals surface area contributed by atoms with Crippen molar-refractivity contribution < 1.29 is 23.5 Å². The molecule has 0 radical (unpaired) electrons. The first-order valence-electron chi connectivity index (χ1n) is 4.65. The Morgan fingerprint density at radius 1 is 1.41 bits per heavy atom. The van der Waals surface area contributed by atoms with Crippen LogP contribution >= 0.6 is 15.9 Å². The van der Waals surface area contributed by atoms with Gasteiger partial charge in [0.05, 0.1) is 12.7 Å². The number of carbonyl (C=O) groups excluding carboxylic acids is 2. The van der Waals surface area contributed by atoms with E-state index >= 15 is 0 Å². The minimum absolute atomic E-state index is 0.0702. The first-order chi connectivity index (χ1) is 7.95. The van der Waals surface area contributed by atoms with Crippen molar-refractivity contribution >= 4 is 27.7 Å². The molecule has 0 amide bonds. The molecule has 0 saturated heterocycles. The fourth-order valence-corrected chi connectivity index (χ4v) is 1.59. The van der Waals surface area contributed by atoms with Crippen LogP contribution in [-0.4, -0.2) is 25.5 Å². The molecule has 0 bridgehead atoms. The molecule has 6 heteroatoms. The minimum atomic E-state index is -0.714. The van der Waals surface area contributed by atoms with Crippen LogP contribution in [0.3, 0.4) is 0 Å². The number of ether oxygens (including phenoxy) is 2. The maximum atomic E-state index is 13.6. The summed E-state index contributed by atoms with van der Waals surface area (Å²) in [5.41, 5.74) is 0.0702. The highest BCUT2D eigenvalue weighted by Gasteiger charge is 2.16. The van der Waals surface area contributed by atoms with Crippen LogP contribution in [0.2, 0.25) is 0 Å². The molecule has 0 aliphatic heterocycles. The average molecular weight is 305 g/mol. The number of esters is 1. The van der Waals surface area contributed by atoms with E-state index in [9.17, 15) is 14.0 Å². The molecule has 0 N–H and O–H groups in total. The van der Waals surface area contributed by atoms with Gasteiger partial charge in [0.25, 0.3) is 0 Å².